The average Bonchev–Trinajstić information content (AvgIpc) is 2.04. The zero-order valence-electron chi connectivity index (χ0n) is 7.26. The third kappa shape index (κ3) is 2.75. The maximum absolute atomic E-state index is 12.8. The molecule has 0 unspecified atom stereocenters. The molecule has 2 nitrogen and oxygen atoms in total. The summed E-state index contributed by atoms with van der Waals surface area (Å²) in [6.45, 7) is 0.999. The third-order valence-corrected chi connectivity index (χ3v) is 1.68. The van der Waals surface area contributed by atoms with Gasteiger partial charge in [0.2, 0.25) is 0 Å². The standard InChI is InChI=1S/C9H11F2NO/c1-9(10,11)8-4-2-3-7(5-8)6-13-12/h2-5H,6,12H2,1H3. The van der Waals surface area contributed by atoms with Crippen LogP contribution in [0.2, 0.25) is 0 Å². The Bertz CT molecular complexity index is 283. The molecule has 1 rings (SSSR count). The predicted molar refractivity (Wildman–Crippen MR) is 45.0 cm³/mol. The fourth-order valence-corrected chi connectivity index (χ4v) is 1.03. The molecule has 0 radical (unpaired) electrons. The van der Waals surface area contributed by atoms with Crippen LogP contribution in [-0.2, 0) is 17.4 Å². The lowest BCUT2D eigenvalue weighted by Crippen LogP contribution is -2.08. The number of alkyl halides is 2. The number of rotatable bonds is 3. The molecule has 0 atom stereocenters. The lowest BCUT2D eigenvalue weighted by Gasteiger charge is -2.11. The minimum absolute atomic E-state index is 0.0259. The lowest BCUT2D eigenvalue weighted by atomic mass is 10.1. The van der Waals surface area contributed by atoms with Crippen LogP contribution in [0.5, 0.6) is 0 Å². The Kier molecular flexibility index (Phi) is 2.95. The van der Waals surface area contributed by atoms with Crippen LogP contribution in [0.3, 0.4) is 0 Å². The second-order valence-corrected chi connectivity index (χ2v) is 2.90. The summed E-state index contributed by atoms with van der Waals surface area (Å²) in [7, 11) is 0. The van der Waals surface area contributed by atoms with E-state index in [9.17, 15) is 8.78 Å². The van der Waals surface area contributed by atoms with E-state index in [2.05, 4.69) is 4.84 Å². The Morgan fingerprint density at radius 1 is 1.46 bits per heavy atom. The van der Waals surface area contributed by atoms with Crippen molar-refractivity contribution in [1.29, 1.82) is 0 Å². The van der Waals surface area contributed by atoms with Crippen molar-refractivity contribution in [3.8, 4) is 0 Å². The third-order valence-electron chi connectivity index (χ3n) is 1.68. The molecule has 13 heavy (non-hydrogen) atoms. The minimum Gasteiger partial charge on any atom is -0.300 e. The topological polar surface area (TPSA) is 35.2 Å². The molecule has 0 saturated heterocycles. The van der Waals surface area contributed by atoms with Gasteiger partial charge in [0, 0.05) is 12.5 Å². The molecule has 0 spiro atoms. The Labute approximate surface area is 75.3 Å². The van der Waals surface area contributed by atoms with E-state index in [0.29, 0.717) is 5.56 Å². The van der Waals surface area contributed by atoms with Crippen molar-refractivity contribution in [3.63, 3.8) is 0 Å². The summed E-state index contributed by atoms with van der Waals surface area (Å²) in [6, 6.07) is 6.00. The molecule has 2 N–H and O–H groups in total. The molecule has 0 amide bonds. The monoisotopic (exact) mass is 187 g/mol. The van der Waals surface area contributed by atoms with Crippen molar-refractivity contribution in [3.05, 3.63) is 35.4 Å². The molecule has 72 valence electrons. The summed E-state index contributed by atoms with van der Waals surface area (Å²) in [5, 5.41) is 0. The number of benzene rings is 1. The van der Waals surface area contributed by atoms with Gasteiger partial charge in [-0.05, 0) is 11.6 Å². The van der Waals surface area contributed by atoms with Gasteiger partial charge < -0.3 is 0 Å². The maximum Gasteiger partial charge on any atom is 0.270 e. The van der Waals surface area contributed by atoms with E-state index in [0.717, 1.165) is 6.92 Å². The maximum atomic E-state index is 12.8. The van der Waals surface area contributed by atoms with E-state index in [1.54, 1.807) is 12.1 Å². The van der Waals surface area contributed by atoms with Gasteiger partial charge in [-0.25, -0.2) is 14.7 Å². The lowest BCUT2D eigenvalue weighted by molar-refractivity contribution is 0.0172. The van der Waals surface area contributed by atoms with Gasteiger partial charge in [0.15, 0.2) is 0 Å². The van der Waals surface area contributed by atoms with Crippen LogP contribution in [0.4, 0.5) is 8.78 Å². The fraction of sp³-hybridized carbons (Fsp3) is 0.333. The van der Waals surface area contributed by atoms with Crippen LogP contribution >= 0.6 is 0 Å². The number of hydrogen-bond acceptors (Lipinski definition) is 2. The van der Waals surface area contributed by atoms with E-state index < -0.39 is 5.92 Å². The van der Waals surface area contributed by atoms with Gasteiger partial charge in [-0.15, -0.1) is 0 Å². The fourth-order valence-electron chi connectivity index (χ4n) is 1.03. The second-order valence-electron chi connectivity index (χ2n) is 2.90. The van der Waals surface area contributed by atoms with Crippen molar-refractivity contribution in [2.24, 2.45) is 5.90 Å². The first-order chi connectivity index (χ1) is 6.04. The summed E-state index contributed by atoms with van der Waals surface area (Å²) in [6.07, 6.45) is 0. The summed E-state index contributed by atoms with van der Waals surface area (Å²) < 4.78 is 25.6. The van der Waals surface area contributed by atoms with Crippen molar-refractivity contribution >= 4 is 0 Å². The van der Waals surface area contributed by atoms with E-state index in [1.807, 2.05) is 0 Å². The van der Waals surface area contributed by atoms with Crippen LogP contribution in [0.15, 0.2) is 24.3 Å². The number of halogens is 2. The number of hydrogen-bond donors (Lipinski definition) is 1. The van der Waals surface area contributed by atoms with Gasteiger partial charge in [-0.1, -0.05) is 18.2 Å². The SMILES string of the molecule is CC(F)(F)c1cccc(CON)c1. The van der Waals surface area contributed by atoms with E-state index in [4.69, 9.17) is 5.90 Å². The largest absolute Gasteiger partial charge is 0.300 e. The van der Waals surface area contributed by atoms with Crippen molar-refractivity contribution in [1.82, 2.24) is 0 Å². The Hall–Kier alpha value is -1.00. The molecule has 0 heterocycles. The summed E-state index contributed by atoms with van der Waals surface area (Å²) in [5.74, 6) is 2.02. The van der Waals surface area contributed by atoms with Crippen molar-refractivity contribution in [2.75, 3.05) is 0 Å². The van der Waals surface area contributed by atoms with Crippen LogP contribution in [0.1, 0.15) is 18.1 Å². The molecule has 0 aliphatic heterocycles. The minimum atomic E-state index is -2.81. The van der Waals surface area contributed by atoms with E-state index in [1.165, 1.54) is 12.1 Å². The molecule has 0 aliphatic carbocycles. The highest BCUT2D eigenvalue weighted by molar-refractivity contribution is 5.25. The molecular weight excluding hydrogens is 176 g/mol. The first-order valence-corrected chi connectivity index (χ1v) is 3.83. The van der Waals surface area contributed by atoms with Crippen molar-refractivity contribution in [2.45, 2.75) is 19.5 Å². The molecule has 0 fully saturated rings. The summed E-state index contributed by atoms with van der Waals surface area (Å²) in [5.41, 5.74) is 0.614. The summed E-state index contributed by atoms with van der Waals surface area (Å²) >= 11 is 0. The van der Waals surface area contributed by atoms with Crippen LogP contribution in [-0.4, -0.2) is 0 Å². The first-order valence-electron chi connectivity index (χ1n) is 3.83. The molecule has 1 aromatic carbocycles. The highest BCUT2D eigenvalue weighted by atomic mass is 19.3. The molecule has 0 bridgehead atoms. The molecule has 4 heteroatoms. The smallest absolute Gasteiger partial charge is 0.270 e. The second kappa shape index (κ2) is 3.81. The Balaban J connectivity index is 2.92. The molecule has 0 aliphatic rings. The van der Waals surface area contributed by atoms with Gasteiger partial charge in [-0.2, -0.15) is 0 Å². The predicted octanol–water partition coefficient (Wildman–Crippen LogP) is 2.19. The zero-order valence-corrected chi connectivity index (χ0v) is 7.26. The summed E-state index contributed by atoms with van der Waals surface area (Å²) in [4.78, 5) is 4.35. The quantitative estimate of drug-likeness (QED) is 0.736. The van der Waals surface area contributed by atoms with Gasteiger partial charge in [-0.3, -0.25) is 4.84 Å². The zero-order chi connectivity index (χ0) is 9.90. The Morgan fingerprint density at radius 2 is 2.15 bits per heavy atom. The number of nitrogens with two attached hydrogens (primary N) is 1. The van der Waals surface area contributed by atoms with Gasteiger partial charge >= 0.3 is 0 Å². The molecule has 0 saturated carbocycles. The molecule has 0 aromatic heterocycles. The van der Waals surface area contributed by atoms with Crippen molar-refractivity contribution < 1.29 is 13.6 Å². The van der Waals surface area contributed by atoms with E-state index >= 15 is 0 Å². The molecular formula is C9H11F2NO. The normalized spacial score (nSPS) is 11.7. The van der Waals surface area contributed by atoms with Crippen LogP contribution in [0, 0.1) is 0 Å². The van der Waals surface area contributed by atoms with Gasteiger partial charge in [0.05, 0.1) is 6.61 Å². The molecule has 1 aromatic rings. The van der Waals surface area contributed by atoms with Crippen LogP contribution in [0.25, 0.3) is 0 Å². The average molecular weight is 187 g/mol. The highest BCUT2D eigenvalue weighted by Gasteiger charge is 2.23. The highest BCUT2D eigenvalue weighted by Crippen LogP contribution is 2.27. The van der Waals surface area contributed by atoms with Crippen LogP contribution < -0.4 is 5.90 Å². The Morgan fingerprint density at radius 3 is 2.69 bits per heavy atom. The first kappa shape index (κ1) is 10.1. The van der Waals surface area contributed by atoms with Gasteiger partial charge in [0.1, 0.15) is 0 Å². The van der Waals surface area contributed by atoms with E-state index in [-0.39, 0.29) is 12.2 Å². The van der Waals surface area contributed by atoms with Gasteiger partial charge in [0.25, 0.3) is 5.92 Å².